The number of rotatable bonds is 10. The number of hydrogen-bond donors (Lipinski definition) is 8. The molecule has 0 saturated carbocycles. The van der Waals surface area contributed by atoms with Crippen LogP contribution in [0, 0.1) is 0 Å². The molecule has 0 bridgehead atoms. The number of halogens is 6. The van der Waals surface area contributed by atoms with Gasteiger partial charge in [0.15, 0.2) is 0 Å². The van der Waals surface area contributed by atoms with Gasteiger partial charge in [-0.1, -0.05) is 36.4 Å². The SMILES string of the molecule is O=C(O)c1ccc(C(c2ccc(C(=O)O)c(C(=O)O)c2)(C(F)(F)F)C(F)(F)F)cc1C(=O)O.O=C(O)c1ccc2c3ccc(C(=O)O)c4c(C(=O)O)ccc(c5ccc(C(=O)O)c1c25)c43. The number of benzene rings is 7. The van der Waals surface area contributed by atoms with Crippen molar-refractivity contribution in [2.75, 3.05) is 0 Å². The fourth-order valence-electron chi connectivity index (χ4n) is 7.87. The highest BCUT2D eigenvalue weighted by Crippen LogP contribution is 2.56. The van der Waals surface area contributed by atoms with Crippen molar-refractivity contribution in [3.05, 3.63) is 141 Å². The van der Waals surface area contributed by atoms with Crippen LogP contribution in [0.15, 0.2) is 84.9 Å². The molecule has 0 amide bonds. The summed E-state index contributed by atoms with van der Waals surface area (Å²) < 4.78 is 85.1. The number of aromatic carboxylic acids is 8. The van der Waals surface area contributed by atoms with Crippen molar-refractivity contribution in [1.29, 1.82) is 0 Å². The zero-order chi connectivity index (χ0) is 48.4. The van der Waals surface area contributed by atoms with Crippen molar-refractivity contribution < 1.29 is 106 Å². The summed E-state index contributed by atoms with van der Waals surface area (Å²) in [6, 6.07) is 11.8. The summed E-state index contributed by atoms with van der Waals surface area (Å²) in [6.45, 7) is 0. The number of carboxylic acids is 8. The highest BCUT2D eigenvalue weighted by atomic mass is 19.4. The minimum absolute atomic E-state index is 0.0587. The van der Waals surface area contributed by atoms with Crippen LogP contribution in [0.25, 0.3) is 43.1 Å². The smallest absolute Gasteiger partial charge is 0.411 e. The molecular weight excluding hydrogens is 886 g/mol. The zero-order valence-electron chi connectivity index (χ0n) is 31.7. The van der Waals surface area contributed by atoms with Gasteiger partial charge in [-0.2, -0.15) is 26.3 Å². The van der Waals surface area contributed by atoms with Crippen LogP contribution in [-0.4, -0.2) is 101 Å². The van der Waals surface area contributed by atoms with Crippen molar-refractivity contribution in [2.45, 2.75) is 17.8 Å². The van der Waals surface area contributed by atoms with E-state index in [0.29, 0.717) is 32.3 Å². The Hall–Kier alpha value is -8.82. The third-order valence-electron chi connectivity index (χ3n) is 10.5. The lowest BCUT2D eigenvalue weighted by Gasteiger charge is -2.38. The average molecular weight is 909 g/mol. The van der Waals surface area contributed by atoms with E-state index in [4.69, 9.17) is 20.4 Å². The molecule has 332 valence electrons. The van der Waals surface area contributed by atoms with Crippen molar-refractivity contribution in [2.24, 2.45) is 0 Å². The fourth-order valence-corrected chi connectivity index (χ4v) is 7.87. The van der Waals surface area contributed by atoms with Gasteiger partial charge in [0.05, 0.1) is 44.5 Å². The van der Waals surface area contributed by atoms with E-state index in [1.165, 1.54) is 48.5 Å². The third kappa shape index (κ3) is 7.20. The molecular formula is C43H22F6O16. The fraction of sp³-hybridized carbons (Fsp3) is 0.0698. The van der Waals surface area contributed by atoms with Crippen LogP contribution in [0.5, 0.6) is 0 Å². The van der Waals surface area contributed by atoms with Crippen molar-refractivity contribution >= 4 is 90.8 Å². The van der Waals surface area contributed by atoms with Crippen LogP contribution in [0.2, 0.25) is 0 Å². The Morgan fingerprint density at radius 1 is 0.292 bits per heavy atom. The van der Waals surface area contributed by atoms with Gasteiger partial charge in [-0.05, 0) is 92.0 Å². The molecule has 0 aromatic heterocycles. The minimum Gasteiger partial charge on any atom is -0.478 e. The predicted molar refractivity (Wildman–Crippen MR) is 209 cm³/mol. The van der Waals surface area contributed by atoms with Crippen LogP contribution in [-0.2, 0) is 5.41 Å². The minimum atomic E-state index is -6.27. The molecule has 0 aliphatic heterocycles. The lowest BCUT2D eigenvalue weighted by Crippen LogP contribution is -2.55. The molecule has 0 unspecified atom stereocenters. The van der Waals surface area contributed by atoms with E-state index >= 15 is 0 Å². The molecule has 7 rings (SSSR count). The van der Waals surface area contributed by atoms with Crippen LogP contribution in [0.1, 0.15) is 94.0 Å². The van der Waals surface area contributed by atoms with Gasteiger partial charge < -0.3 is 40.9 Å². The Bertz CT molecular complexity index is 2950. The molecule has 8 N–H and O–H groups in total. The third-order valence-corrected chi connectivity index (χ3v) is 10.5. The van der Waals surface area contributed by atoms with Crippen molar-refractivity contribution in [3.63, 3.8) is 0 Å². The van der Waals surface area contributed by atoms with Gasteiger partial charge in [-0.15, -0.1) is 0 Å². The lowest BCUT2D eigenvalue weighted by molar-refractivity contribution is -0.288. The maximum atomic E-state index is 14.2. The van der Waals surface area contributed by atoms with E-state index in [1.54, 1.807) is 0 Å². The molecule has 7 aromatic rings. The summed E-state index contributed by atoms with van der Waals surface area (Å²) >= 11 is 0. The van der Waals surface area contributed by atoms with Gasteiger partial charge in [-0.3, -0.25) is 0 Å². The van der Waals surface area contributed by atoms with Crippen LogP contribution in [0.3, 0.4) is 0 Å². The Kier molecular flexibility index (Phi) is 11.1. The molecule has 0 aliphatic rings. The molecule has 16 nitrogen and oxygen atoms in total. The second kappa shape index (κ2) is 15.8. The maximum Gasteiger partial charge on any atom is 0.411 e. The van der Waals surface area contributed by atoms with Gasteiger partial charge in [0.2, 0.25) is 5.41 Å². The van der Waals surface area contributed by atoms with Crippen LogP contribution in [0.4, 0.5) is 26.3 Å². The second-order valence-corrected chi connectivity index (χ2v) is 13.9. The van der Waals surface area contributed by atoms with Crippen LogP contribution < -0.4 is 0 Å². The maximum absolute atomic E-state index is 14.2. The number of carbonyl (C=O) groups is 8. The van der Waals surface area contributed by atoms with Gasteiger partial charge in [0.1, 0.15) is 0 Å². The Morgan fingerprint density at radius 2 is 0.508 bits per heavy atom. The molecule has 0 heterocycles. The average Bonchev–Trinajstić information content (AvgIpc) is 3.20. The molecule has 0 aliphatic carbocycles. The number of carboxylic acid groups (broad SMARTS) is 8. The monoisotopic (exact) mass is 908 g/mol. The lowest BCUT2D eigenvalue weighted by atomic mass is 9.71. The predicted octanol–water partition coefficient (Wildman–Crippen LogP) is 8.42. The molecule has 22 heteroatoms. The van der Waals surface area contributed by atoms with Crippen LogP contribution >= 0.6 is 0 Å². The molecule has 7 aromatic carbocycles. The summed E-state index contributed by atoms with van der Waals surface area (Å²) in [6.07, 6.45) is -12.5. The Balaban J connectivity index is 0.000000215. The zero-order valence-corrected chi connectivity index (χ0v) is 31.7. The van der Waals surface area contributed by atoms with Gasteiger partial charge in [0.25, 0.3) is 0 Å². The molecule has 0 atom stereocenters. The summed E-state index contributed by atoms with van der Waals surface area (Å²) in [5.41, 5.74) is -14.3. The standard InChI is InChI=1S/C24H12O8.C19H10F6O8/c25-21(26)13-5-1-9-10-2-6-15(23(29)30)20-16(24(31)32)8-4-12(18(10)20)11-3-7-14(22(27)28)19(13)17(9)11;20-18(21,22)17(19(23,24)25,7-1-3-9(13(26)27)11(5-7)15(30)31)8-2-4-10(14(28)29)12(6-8)16(32)33/h1-8H,(H,25,26)(H,27,28)(H,29,30)(H,31,32);1-6H,(H,26,27)(H,28,29)(H,30,31)(H,32,33). The number of fused-ring (bicyclic) bond motifs is 2. The molecule has 65 heavy (non-hydrogen) atoms. The van der Waals surface area contributed by atoms with E-state index in [2.05, 4.69) is 0 Å². The number of hydrogen-bond acceptors (Lipinski definition) is 8. The first kappa shape index (κ1) is 45.7. The van der Waals surface area contributed by atoms with E-state index in [0.717, 1.165) is 0 Å². The topological polar surface area (TPSA) is 298 Å². The molecule has 0 fully saturated rings. The van der Waals surface area contributed by atoms with Crippen molar-refractivity contribution in [3.8, 4) is 0 Å². The Labute approximate surface area is 354 Å². The largest absolute Gasteiger partial charge is 0.478 e. The Morgan fingerprint density at radius 3 is 0.708 bits per heavy atom. The summed E-state index contributed by atoms with van der Waals surface area (Å²) in [7, 11) is 0. The highest BCUT2D eigenvalue weighted by Gasteiger charge is 2.72. The summed E-state index contributed by atoms with van der Waals surface area (Å²) in [5, 5.41) is 77.9. The summed E-state index contributed by atoms with van der Waals surface area (Å²) in [5.74, 6) is -13.3. The van der Waals surface area contributed by atoms with Gasteiger partial charge in [-0.25, -0.2) is 38.4 Å². The quantitative estimate of drug-likeness (QED) is 0.0363. The molecule has 0 radical (unpaired) electrons. The first-order valence-electron chi connectivity index (χ1n) is 17.7. The van der Waals surface area contributed by atoms with E-state index in [-0.39, 0.29) is 69.4 Å². The van der Waals surface area contributed by atoms with E-state index < -0.39 is 98.9 Å². The van der Waals surface area contributed by atoms with E-state index in [1.807, 2.05) is 0 Å². The first-order chi connectivity index (χ1) is 30.2. The van der Waals surface area contributed by atoms with Crippen molar-refractivity contribution in [1.82, 2.24) is 0 Å². The van der Waals surface area contributed by atoms with Gasteiger partial charge in [0, 0.05) is 10.8 Å². The second-order valence-electron chi connectivity index (χ2n) is 13.9. The highest BCUT2D eigenvalue weighted by molar-refractivity contribution is 6.38. The van der Waals surface area contributed by atoms with Gasteiger partial charge >= 0.3 is 60.1 Å². The first-order valence-corrected chi connectivity index (χ1v) is 17.7. The molecule has 0 saturated heterocycles. The van der Waals surface area contributed by atoms with E-state index in [9.17, 15) is 85.1 Å². The molecule has 0 spiro atoms. The normalized spacial score (nSPS) is 11.9. The number of alkyl halides is 6. The summed E-state index contributed by atoms with van der Waals surface area (Å²) in [4.78, 5) is 92.4.